The molecule has 3 nitrogen and oxygen atoms in total. The van der Waals surface area contributed by atoms with Crippen molar-refractivity contribution in [1.29, 1.82) is 0 Å². The van der Waals surface area contributed by atoms with Gasteiger partial charge in [0.2, 0.25) is 0 Å². The van der Waals surface area contributed by atoms with Gasteiger partial charge in [0, 0.05) is 20.6 Å². The average molecular weight is 392 g/mol. The summed E-state index contributed by atoms with van der Waals surface area (Å²) in [5, 5.41) is 10.2. The molecule has 0 saturated carbocycles. The van der Waals surface area contributed by atoms with Crippen molar-refractivity contribution in [3.63, 3.8) is 0 Å². The molecule has 2 aromatic rings. The predicted molar refractivity (Wildman–Crippen MR) is 87.4 cm³/mol. The van der Waals surface area contributed by atoms with E-state index in [1.165, 1.54) is 0 Å². The summed E-state index contributed by atoms with van der Waals surface area (Å²) in [6.45, 7) is 0.0577. The molecular weight excluding hydrogens is 379 g/mol. The number of rotatable bonds is 5. The molecule has 112 valence electrons. The Morgan fingerprint density at radius 1 is 1.14 bits per heavy atom. The fourth-order valence-corrected chi connectivity index (χ4v) is 2.90. The third kappa shape index (κ3) is 4.04. The Morgan fingerprint density at radius 2 is 1.90 bits per heavy atom. The van der Waals surface area contributed by atoms with E-state index in [2.05, 4.69) is 15.9 Å². The van der Waals surface area contributed by atoms with Crippen molar-refractivity contribution < 1.29 is 14.6 Å². The zero-order chi connectivity index (χ0) is 15.4. The molecule has 0 atom stereocenters. The molecule has 0 aliphatic heterocycles. The maximum absolute atomic E-state index is 9.38. The number of benzene rings is 2. The summed E-state index contributed by atoms with van der Waals surface area (Å²) in [6.07, 6.45) is 0. The largest absolute Gasteiger partial charge is 0.496 e. The van der Waals surface area contributed by atoms with Gasteiger partial charge in [-0.3, -0.25) is 0 Å². The van der Waals surface area contributed by atoms with Crippen LogP contribution in [0.1, 0.15) is 11.1 Å². The highest BCUT2D eigenvalue weighted by molar-refractivity contribution is 9.10. The van der Waals surface area contributed by atoms with Crippen molar-refractivity contribution in [2.75, 3.05) is 7.11 Å². The Morgan fingerprint density at radius 3 is 2.57 bits per heavy atom. The number of hydrogen-bond acceptors (Lipinski definition) is 3. The number of hydrogen-bond donors (Lipinski definition) is 1. The van der Waals surface area contributed by atoms with Gasteiger partial charge in [0.05, 0.1) is 18.7 Å². The summed E-state index contributed by atoms with van der Waals surface area (Å²) in [7, 11) is 1.60. The SMILES string of the molecule is COc1ccc(Br)cc1COc1c(Cl)cc(Cl)cc1CO. The average Bonchev–Trinajstić information content (AvgIpc) is 2.45. The topological polar surface area (TPSA) is 38.7 Å². The molecule has 0 aromatic heterocycles. The summed E-state index contributed by atoms with van der Waals surface area (Å²) in [6, 6.07) is 8.84. The molecule has 0 aliphatic carbocycles. The smallest absolute Gasteiger partial charge is 0.144 e. The first-order valence-corrected chi connectivity index (χ1v) is 7.64. The van der Waals surface area contributed by atoms with Crippen LogP contribution in [0.2, 0.25) is 10.0 Å². The van der Waals surface area contributed by atoms with Crippen LogP contribution in [0.4, 0.5) is 0 Å². The van der Waals surface area contributed by atoms with E-state index < -0.39 is 0 Å². The first-order chi connectivity index (χ1) is 10.0. The van der Waals surface area contributed by atoms with E-state index in [-0.39, 0.29) is 13.2 Å². The van der Waals surface area contributed by atoms with Crippen LogP contribution in [0.15, 0.2) is 34.8 Å². The van der Waals surface area contributed by atoms with Crippen molar-refractivity contribution in [1.82, 2.24) is 0 Å². The van der Waals surface area contributed by atoms with Crippen LogP contribution >= 0.6 is 39.1 Å². The minimum Gasteiger partial charge on any atom is -0.496 e. The van der Waals surface area contributed by atoms with Crippen LogP contribution in [0, 0.1) is 0 Å². The first-order valence-electron chi connectivity index (χ1n) is 6.09. The van der Waals surface area contributed by atoms with E-state index in [4.69, 9.17) is 32.7 Å². The zero-order valence-corrected chi connectivity index (χ0v) is 14.3. The van der Waals surface area contributed by atoms with Gasteiger partial charge in [0.25, 0.3) is 0 Å². The lowest BCUT2D eigenvalue weighted by Gasteiger charge is -2.14. The Hall–Kier alpha value is -0.940. The van der Waals surface area contributed by atoms with Crippen LogP contribution in [-0.4, -0.2) is 12.2 Å². The van der Waals surface area contributed by atoms with Crippen LogP contribution in [0.25, 0.3) is 0 Å². The number of aliphatic hydroxyl groups is 1. The molecular formula is C15H13BrCl2O3. The fraction of sp³-hybridized carbons (Fsp3) is 0.200. The maximum atomic E-state index is 9.38. The second-order valence-corrected chi connectivity index (χ2v) is 6.04. The molecule has 0 bridgehead atoms. The van der Waals surface area contributed by atoms with Crippen LogP contribution in [0.3, 0.4) is 0 Å². The standard InChI is InChI=1S/C15H13BrCl2O3/c1-20-14-3-2-11(16)4-10(14)8-21-15-9(7-19)5-12(17)6-13(15)18/h2-6,19H,7-8H2,1H3. The predicted octanol–water partition coefficient (Wildman–Crippen LogP) is 4.84. The van der Waals surface area contributed by atoms with Crippen molar-refractivity contribution >= 4 is 39.1 Å². The summed E-state index contributed by atoms with van der Waals surface area (Å²) in [4.78, 5) is 0. The van der Waals surface area contributed by atoms with Crippen molar-refractivity contribution in [2.45, 2.75) is 13.2 Å². The molecule has 2 aromatic carbocycles. The molecule has 1 N–H and O–H groups in total. The highest BCUT2D eigenvalue weighted by Crippen LogP contribution is 2.34. The Kier molecular flexibility index (Phi) is 5.76. The lowest BCUT2D eigenvalue weighted by Crippen LogP contribution is -2.02. The van der Waals surface area contributed by atoms with E-state index in [1.54, 1.807) is 19.2 Å². The lowest BCUT2D eigenvalue weighted by molar-refractivity contribution is 0.257. The third-order valence-corrected chi connectivity index (χ3v) is 3.86. The quantitative estimate of drug-likeness (QED) is 0.792. The number of aliphatic hydroxyl groups excluding tert-OH is 1. The fourth-order valence-electron chi connectivity index (χ4n) is 1.90. The zero-order valence-electron chi connectivity index (χ0n) is 11.2. The molecule has 2 rings (SSSR count). The number of methoxy groups -OCH3 is 1. The first kappa shape index (κ1) is 16.4. The van der Waals surface area contributed by atoms with Crippen molar-refractivity contribution in [3.05, 3.63) is 56.0 Å². The van der Waals surface area contributed by atoms with Gasteiger partial charge in [-0.05, 0) is 30.3 Å². The van der Waals surface area contributed by atoms with Gasteiger partial charge in [-0.2, -0.15) is 0 Å². The van der Waals surface area contributed by atoms with Gasteiger partial charge in [-0.15, -0.1) is 0 Å². The molecule has 0 spiro atoms. The van der Waals surface area contributed by atoms with Gasteiger partial charge in [-0.1, -0.05) is 39.1 Å². The second-order valence-electron chi connectivity index (χ2n) is 4.28. The van der Waals surface area contributed by atoms with Crippen LogP contribution in [-0.2, 0) is 13.2 Å². The van der Waals surface area contributed by atoms with E-state index in [9.17, 15) is 5.11 Å². The highest BCUT2D eigenvalue weighted by Gasteiger charge is 2.12. The van der Waals surface area contributed by atoms with Crippen LogP contribution < -0.4 is 9.47 Å². The molecule has 0 aliphatic rings. The normalized spacial score (nSPS) is 10.5. The lowest BCUT2D eigenvalue weighted by atomic mass is 10.2. The van der Waals surface area contributed by atoms with Gasteiger partial charge in [0.15, 0.2) is 0 Å². The van der Waals surface area contributed by atoms with E-state index >= 15 is 0 Å². The molecule has 0 saturated heterocycles. The summed E-state index contributed by atoms with van der Waals surface area (Å²) in [5.74, 6) is 1.14. The Bertz CT molecular complexity index is 647. The van der Waals surface area contributed by atoms with Gasteiger partial charge in [-0.25, -0.2) is 0 Å². The second kappa shape index (κ2) is 7.36. The van der Waals surface area contributed by atoms with Gasteiger partial charge < -0.3 is 14.6 Å². The Balaban J connectivity index is 2.26. The minimum atomic E-state index is -0.203. The van der Waals surface area contributed by atoms with Crippen LogP contribution in [0.5, 0.6) is 11.5 Å². The number of halogens is 3. The monoisotopic (exact) mass is 390 g/mol. The molecule has 21 heavy (non-hydrogen) atoms. The Labute approximate surface area is 141 Å². The van der Waals surface area contributed by atoms with Crippen molar-refractivity contribution in [3.8, 4) is 11.5 Å². The molecule has 0 amide bonds. The highest BCUT2D eigenvalue weighted by atomic mass is 79.9. The molecule has 0 heterocycles. The third-order valence-electron chi connectivity index (χ3n) is 2.87. The molecule has 0 fully saturated rings. The minimum absolute atomic E-state index is 0.203. The van der Waals surface area contributed by atoms with Gasteiger partial charge >= 0.3 is 0 Å². The maximum Gasteiger partial charge on any atom is 0.144 e. The van der Waals surface area contributed by atoms with E-state index in [0.29, 0.717) is 27.1 Å². The van der Waals surface area contributed by atoms with E-state index in [0.717, 1.165) is 10.0 Å². The molecule has 0 unspecified atom stereocenters. The summed E-state index contributed by atoms with van der Waals surface area (Å²) in [5.41, 5.74) is 1.41. The summed E-state index contributed by atoms with van der Waals surface area (Å²) >= 11 is 15.4. The summed E-state index contributed by atoms with van der Waals surface area (Å²) < 4.78 is 12.0. The molecule has 0 radical (unpaired) electrons. The van der Waals surface area contributed by atoms with Gasteiger partial charge in [0.1, 0.15) is 18.1 Å². The molecule has 6 heteroatoms. The van der Waals surface area contributed by atoms with E-state index in [1.807, 2.05) is 18.2 Å². The van der Waals surface area contributed by atoms with Crippen molar-refractivity contribution in [2.24, 2.45) is 0 Å². The number of ether oxygens (including phenoxy) is 2.